The number of rotatable bonds is 6. The molecule has 1 aromatic heterocycles. The highest BCUT2D eigenvalue weighted by molar-refractivity contribution is 6.11. The van der Waals surface area contributed by atoms with Gasteiger partial charge in [0.2, 0.25) is 0 Å². The number of benzene rings is 1. The molecule has 3 nitrogen and oxygen atoms in total. The first-order chi connectivity index (χ1) is 10.4. The predicted molar refractivity (Wildman–Crippen MR) is 81.4 cm³/mol. The van der Waals surface area contributed by atoms with Gasteiger partial charge in [-0.3, -0.25) is 4.79 Å². The second-order valence-corrected chi connectivity index (χ2v) is 5.22. The number of hydrogen-bond acceptors (Lipinski definition) is 2. The molecule has 0 aliphatic carbocycles. The molecule has 2 aromatic rings. The normalized spacial score (nSPS) is 11.9. The van der Waals surface area contributed by atoms with Crippen LogP contribution in [-0.2, 0) is 6.54 Å². The van der Waals surface area contributed by atoms with Crippen molar-refractivity contribution in [2.45, 2.75) is 39.4 Å². The number of aryl methyl sites for hydroxylation is 1. The Bertz CT molecular complexity index is 674. The van der Waals surface area contributed by atoms with Gasteiger partial charge in [0, 0.05) is 35.9 Å². The number of nitrogens with one attached hydrogen (secondary N) is 1. The molecule has 1 heterocycles. The molecule has 2 rings (SSSR count). The number of fused-ring (bicyclic) bond motifs is 1. The average molecular weight is 312 g/mol. The quantitative estimate of drug-likeness (QED) is 0.790. The third-order valence-corrected chi connectivity index (χ3v) is 3.43. The van der Waals surface area contributed by atoms with Crippen LogP contribution < -0.4 is 5.32 Å². The maximum absolute atomic E-state index is 12.8. The van der Waals surface area contributed by atoms with E-state index in [1.165, 1.54) is 6.20 Å². The third-order valence-electron chi connectivity index (χ3n) is 3.43. The van der Waals surface area contributed by atoms with E-state index in [-0.39, 0.29) is 5.56 Å². The first-order valence-corrected chi connectivity index (χ1v) is 7.36. The molecule has 0 saturated heterocycles. The number of Topliss-reactive ketones (excluding diaryl/α,β-unsaturated/α-hetero) is 1. The second kappa shape index (κ2) is 6.42. The molecule has 0 aliphatic rings. The highest BCUT2D eigenvalue weighted by Crippen LogP contribution is 2.30. The molecule has 0 saturated carbocycles. The number of carbonyl (C=O) groups is 1. The molecular weight excluding hydrogens is 293 g/mol. The molecule has 22 heavy (non-hydrogen) atoms. The van der Waals surface area contributed by atoms with Gasteiger partial charge in [-0.25, -0.2) is 0 Å². The van der Waals surface area contributed by atoms with Gasteiger partial charge in [-0.2, -0.15) is 13.2 Å². The average Bonchev–Trinajstić information content (AvgIpc) is 2.82. The van der Waals surface area contributed by atoms with Gasteiger partial charge in [0.1, 0.15) is 0 Å². The number of halogens is 3. The Kier molecular flexibility index (Phi) is 4.78. The minimum absolute atomic E-state index is 0.281. The van der Waals surface area contributed by atoms with Crippen LogP contribution in [0.5, 0.6) is 0 Å². The Morgan fingerprint density at radius 1 is 1.23 bits per heavy atom. The van der Waals surface area contributed by atoms with E-state index in [1.807, 2.05) is 19.9 Å². The standard InChI is InChI=1S/C16H19F3N2O/c1-3-7-20-11-5-6-14-12(9-11)13(10-21(14)8-4-2)15(22)16(17,18)19/h5-6,9-10,20H,3-4,7-8H2,1-2H3. The van der Waals surface area contributed by atoms with Crippen LogP contribution in [-0.4, -0.2) is 23.1 Å². The summed E-state index contributed by atoms with van der Waals surface area (Å²) in [6.07, 6.45) is -1.87. The van der Waals surface area contributed by atoms with E-state index in [0.29, 0.717) is 17.4 Å². The van der Waals surface area contributed by atoms with Gasteiger partial charge >= 0.3 is 6.18 Å². The molecule has 0 radical (unpaired) electrons. The number of anilines is 1. The van der Waals surface area contributed by atoms with Gasteiger partial charge in [-0.15, -0.1) is 0 Å². The fraction of sp³-hybridized carbons (Fsp3) is 0.438. The van der Waals surface area contributed by atoms with Crippen molar-refractivity contribution in [1.29, 1.82) is 0 Å². The van der Waals surface area contributed by atoms with Crippen LogP contribution in [0.4, 0.5) is 18.9 Å². The lowest BCUT2D eigenvalue weighted by atomic mass is 10.1. The molecule has 0 atom stereocenters. The maximum atomic E-state index is 12.8. The smallest absolute Gasteiger partial charge is 0.385 e. The number of hydrogen-bond donors (Lipinski definition) is 1. The van der Waals surface area contributed by atoms with Crippen molar-refractivity contribution in [2.75, 3.05) is 11.9 Å². The topological polar surface area (TPSA) is 34.0 Å². The summed E-state index contributed by atoms with van der Waals surface area (Å²) in [4.78, 5) is 11.7. The molecule has 0 bridgehead atoms. The summed E-state index contributed by atoms with van der Waals surface area (Å²) < 4.78 is 40.1. The predicted octanol–water partition coefficient (Wildman–Crippen LogP) is 4.62. The highest BCUT2D eigenvalue weighted by atomic mass is 19.4. The molecular formula is C16H19F3N2O. The van der Waals surface area contributed by atoms with E-state index < -0.39 is 12.0 Å². The van der Waals surface area contributed by atoms with Crippen LogP contribution in [0.1, 0.15) is 37.0 Å². The fourth-order valence-corrected chi connectivity index (χ4v) is 2.44. The molecule has 120 valence electrons. The number of nitrogens with zero attached hydrogens (tertiary/aromatic N) is 1. The van der Waals surface area contributed by atoms with Crippen molar-refractivity contribution in [1.82, 2.24) is 4.57 Å². The third kappa shape index (κ3) is 3.26. The van der Waals surface area contributed by atoms with Crippen molar-refractivity contribution >= 4 is 22.4 Å². The van der Waals surface area contributed by atoms with E-state index in [1.54, 1.807) is 16.7 Å². The van der Waals surface area contributed by atoms with Gasteiger partial charge in [0.15, 0.2) is 0 Å². The zero-order chi connectivity index (χ0) is 16.3. The van der Waals surface area contributed by atoms with Gasteiger partial charge in [-0.1, -0.05) is 13.8 Å². The Morgan fingerprint density at radius 2 is 1.95 bits per heavy atom. The van der Waals surface area contributed by atoms with Crippen molar-refractivity contribution < 1.29 is 18.0 Å². The minimum atomic E-state index is -4.86. The molecule has 6 heteroatoms. The zero-order valence-corrected chi connectivity index (χ0v) is 12.6. The van der Waals surface area contributed by atoms with Crippen molar-refractivity contribution in [3.05, 3.63) is 30.0 Å². The molecule has 1 aromatic carbocycles. The van der Waals surface area contributed by atoms with Gasteiger partial charge < -0.3 is 9.88 Å². The van der Waals surface area contributed by atoms with Crippen LogP contribution in [0.2, 0.25) is 0 Å². The maximum Gasteiger partial charge on any atom is 0.454 e. The lowest BCUT2D eigenvalue weighted by Gasteiger charge is -2.07. The first-order valence-electron chi connectivity index (χ1n) is 7.36. The van der Waals surface area contributed by atoms with Gasteiger partial charge in [-0.05, 0) is 31.0 Å². The van der Waals surface area contributed by atoms with E-state index in [2.05, 4.69) is 5.32 Å². The highest BCUT2D eigenvalue weighted by Gasteiger charge is 2.40. The van der Waals surface area contributed by atoms with Gasteiger partial charge in [0.05, 0.1) is 5.56 Å². The Balaban J connectivity index is 2.55. The van der Waals surface area contributed by atoms with Gasteiger partial charge in [0.25, 0.3) is 5.78 Å². The number of aromatic nitrogens is 1. The second-order valence-electron chi connectivity index (χ2n) is 5.22. The largest absolute Gasteiger partial charge is 0.454 e. The van der Waals surface area contributed by atoms with Crippen LogP contribution in [0.25, 0.3) is 10.9 Å². The van der Waals surface area contributed by atoms with E-state index >= 15 is 0 Å². The van der Waals surface area contributed by atoms with Crippen LogP contribution >= 0.6 is 0 Å². The summed E-state index contributed by atoms with van der Waals surface area (Å²) in [5, 5.41) is 3.48. The number of carbonyl (C=O) groups excluding carboxylic acids is 1. The van der Waals surface area contributed by atoms with Crippen molar-refractivity contribution in [3.8, 4) is 0 Å². The summed E-state index contributed by atoms with van der Waals surface area (Å²) in [6, 6.07) is 5.21. The summed E-state index contributed by atoms with van der Waals surface area (Å²) in [5.41, 5.74) is 1.09. The molecule has 1 N–H and O–H groups in total. The monoisotopic (exact) mass is 312 g/mol. The molecule has 0 amide bonds. The van der Waals surface area contributed by atoms with E-state index in [4.69, 9.17) is 0 Å². The number of alkyl halides is 3. The fourth-order valence-electron chi connectivity index (χ4n) is 2.44. The van der Waals surface area contributed by atoms with Crippen LogP contribution in [0, 0.1) is 0 Å². The molecule has 0 spiro atoms. The molecule has 0 aliphatic heterocycles. The van der Waals surface area contributed by atoms with E-state index in [0.717, 1.165) is 25.1 Å². The zero-order valence-electron chi connectivity index (χ0n) is 12.6. The SMILES string of the molecule is CCCNc1ccc2c(c1)c(C(=O)C(F)(F)F)cn2CCC. The summed E-state index contributed by atoms with van der Waals surface area (Å²) in [7, 11) is 0. The van der Waals surface area contributed by atoms with Crippen molar-refractivity contribution in [3.63, 3.8) is 0 Å². The van der Waals surface area contributed by atoms with Crippen LogP contribution in [0.15, 0.2) is 24.4 Å². The minimum Gasteiger partial charge on any atom is -0.385 e. The molecule has 0 unspecified atom stereocenters. The number of ketones is 1. The van der Waals surface area contributed by atoms with Crippen LogP contribution in [0.3, 0.4) is 0 Å². The summed E-state index contributed by atoms with van der Waals surface area (Å²) in [6.45, 7) is 5.24. The lowest BCUT2D eigenvalue weighted by Crippen LogP contribution is -2.22. The van der Waals surface area contributed by atoms with E-state index in [9.17, 15) is 18.0 Å². The summed E-state index contributed by atoms with van der Waals surface area (Å²) >= 11 is 0. The first kappa shape index (κ1) is 16.4. The Hall–Kier alpha value is -1.98. The Morgan fingerprint density at radius 3 is 2.55 bits per heavy atom. The van der Waals surface area contributed by atoms with Crippen molar-refractivity contribution in [2.24, 2.45) is 0 Å². The Labute approximate surface area is 127 Å². The lowest BCUT2D eigenvalue weighted by molar-refractivity contribution is -0.0884. The molecule has 0 fully saturated rings. The summed E-state index contributed by atoms with van der Waals surface area (Å²) in [5.74, 6) is -1.79.